The van der Waals surface area contributed by atoms with E-state index in [0.29, 0.717) is 27.8 Å². The molecule has 1 saturated heterocycles. The van der Waals surface area contributed by atoms with Crippen molar-refractivity contribution in [3.63, 3.8) is 0 Å². The highest BCUT2D eigenvalue weighted by Gasteiger charge is 2.54. The molecule has 0 aliphatic carbocycles. The second kappa shape index (κ2) is 9.35. The van der Waals surface area contributed by atoms with E-state index in [2.05, 4.69) is 25.5 Å². The number of aromatic nitrogens is 3. The summed E-state index contributed by atoms with van der Waals surface area (Å²) in [6.45, 7) is 0. The van der Waals surface area contributed by atoms with Gasteiger partial charge in [-0.15, -0.1) is 33.3 Å². The average molecular weight is 513 g/mol. The number of Topliss-reactive ketones (excluding diaryl/α,β-unsaturated/α-hetero) is 1. The molecule has 2 aromatic rings. The number of H-pyrrole nitrogens is 1. The first-order valence-electron chi connectivity index (χ1n) is 8.70. The number of β-lactam (4-membered cyclic amide) rings is 1. The van der Waals surface area contributed by atoms with Gasteiger partial charge in [-0.3, -0.25) is 24.1 Å². The van der Waals surface area contributed by atoms with Gasteiger partial charge in [0.15, 0.2) is 9.14 Å². The lowest BCUT2D eigenvalue weighted by Gasteiger charge is -2.49. The standard InChI is InChI=1S/C16H12N6O6S4/c23-4-17-15-19-7(3-30-15)10(24)11(25)20-8-12(26)22-9(14(27)28)6(1-29-13(8)22)2-31-16-21-18-5-32-16/h3-5,8,13H,1-2H2,(H,20,25)(H,27,28)(H,17,19,23)/t8?,13-/m0/s1. The van der Waals surface area contributed by atoms with E-state index >= 15 is 0 Å². The van der Waals surface area contributed by atoms with Crippen LogP contribution >= 0.6 is 46.2 Å². The van der Waals surface area contributed by atoms with Crippen LogP contribution in [0.1, 0.15) is 10.5 Å². The number of carbonyl (C=O) groups is 5. The van der Waals surface area contributed by atoms with Gasteiger partial charge >= 0.3 is 5.97 Å². The number of rotatable bonds is 8. The Morgan fingerprint density at radius 2 is 2.22 bits per heavy atom. The molecule has 2 aliphatic rings. The lowest BCUT2D eigenvalue weighted by Crippen LogP contribution is -2.71. The van der Waals surface area contributed by atoms with Gasteiger partial charge in [-0.2, -0.15) is 4.99 Å². The van der Waals surface area contributed by atoms with E-state index < -0.39 is 35.0 Å². The second-order valence-electron chi connectivity index (χ2n) is 6.25. The van der Waals surface area contributed by atoms with Gasteiger partial charge in [0.2, 0.25) is 6.41 Å². The molecule has 0 radical (unpaired) electrons. The van der Waals surface area contributed by atoms with Crippen molar-refractivity contribution in [1.29, 1.82) is 0 Å². The zero-order chi connectivity index (χ0) is 22.8. The molecule has 3 amide bonds. The van der Waals surface area contributed by atoms with Crippen molar-refractivity contribution >= 4 is 76.2 Å². The maximum Gasteiger partial charge on any atom is 0.352 e. The van der Waals surface area contributed by atoms with Crippen LogP contribution in [-0.2, 0) is 19.2 Å². The summed E-state index contributed by atoms with van der Waals surface area (Å²) in [5.41, 5.74) is 1.95. The molecule has 32 heavy (non-hydrogen) atoms. The van der Waals surface area contributed by atoms with Gasteiger partial charge < -0.3 is 15.4 Å². The van der Waals surface area contributed by atoms with E-state index in [1.54, 1.807) is 5.51 Å². The van der Waals surface area contributed by atoms with Crippen LogP contribution in [-0.4, -0.2) is 78.1 Å². The zero-order valence-corrected chi connectivity index (χ0v) is 19.0. The number of amides is 3. The molecule has 16 heteroatoms. The predicted molar refractivity (Wildman–Crippen MR) is 115 cm³/mol. The first-order valence-corrected chi connectivity index (χ1v) is 12.5. The molecule has 12 nitrogen and oxygen atoms in total. The van der Waals surface area contributed by atoms with Crippen LogP contribution in [0.3, 0.4) is 0 Å². The van der Waals surface area contributed by atoms with Gasteiger partial charge in [0, 0.05) is 16.9 Å². The fraction of sp³-hybridized carbons (Fsp3) is 0.250. The topological polar surface area (TPSA) is 175 Å². The summed E-state index contributed by atoms with van der Waals surface area (Å²) < 4.78 is 0.683. The first-order chi connectivity index (χ1) is 15.4. The number of hydrogen-bond acceptors (Lipinski definition) is 11. The van der Waals surface area contributed by atoms with E-state index in [1.807, 2.05) is 0 Å². The summed E-state index contributed by atoms with van der Waals surface area (Å²) in [4.78, 5) is 66.9. The first kappa shape index (κ1) is 22.4. The largest absolute Gasteiger partial charge is 0.477 e. The number of ketones is 1. The Morgan fingerprint density at radius 1 is 1.41 bits per heavy atom. The number of hydrogen-bond donors (Lipinski definition) is 3. The Labute approximate surface area is 195 Å². The molecule has 4 rings (SSSR count). The molecule has 2 aromatic heterocycles. The summed E-state index contributed by atoms with van der Waals surface area (Å²) in [5.74, 6) is -3.12. The van der Waals surface area contributed by atoms with E-state index in [9.17, 15) is 29.1 Å². The third kappa shape index (κ3) is 4.25. The van der Waals surface area contributed by atoms with E-state index in [0.717, 1.165) is 16.2 Å². The van der Waals surface area contributed by atoms with Crippen LogP contribution in [0.25, 0.3) is 0 Å². The summed E-state index contributed by atoms with van der Waals surface area (Å²) in [6, 6.07) is -1.03. The monoisotopic (exact) mass is 512 g/mol. The number of aromatic amines is 1. The minimum atomic E-state index is -1.24. The Morgan fingerprint density at radius 3 is 2.91 bits per heavy atom. The molecule has 0 aromatic carbocycles. The highest BCUT2D eigenvalue weighted by Crippen LogP contribution is 2.41. The van der Waals surface area contributed by atoms with E-state index in [4.69, 9.17) is 0 Å². The Balaban J connectivity index is 1.45. The van der Waals surface area contributed by atoms with Crippen molar-refractivity contribution in [3.8, 4) is 0 Å². The lowest BCUT2D eigenvalue weighted by molar-refractivity contribution is -0.150. The third-order valence-electron chi connectivity index (χ3n) is 4.40. The van der Waals surface area contributed by atoms with Crippen molar-refractivity contribution in [3.05, 3.63) is 32.7 Å². The molecule has 2 atom stereocenters. The highest BCUT2D eigenvalue weighted by molar-refractivity contribution is 8.01. The van der Waals surface area contributed by atoms with Gasteiger partial charge in [-0.05, 0) is 5.57 Å². The number of carboxylic acids is 1. The van der Waals surface area contributed by atoms with Crippen LogP contribution in [0.15, 0.2) is 31.5 Å². The van der Waals surface area contributed by atoms with Crippen molar-refractivity contribution in [2.45, 2.75) is 15.8 Å². The maximum atomic E-state index is 12.7. The van der Waals surface area contributed by atoms with E-state index in [-0.39, 0.29) is 16.2 Å². The Hall–Kier alpha value is -2.82. The fourth-order valence-electron chi connectivity index (χ4n) is 3.01. The maximum absolute atomic E-state index is 12.7. The Bertz CT molecular complexity index is 1200. The van der Waals surface area contributed by atoms with Gasteiger partial charge in [0.05, 0.1) is 0 Å². The number of aliphatic carboxylic acids is 1. The molecule has 4 heterocycles. The van der Waals surface area contributed by atoms with Gasteiger partial charge in [-0.1, -0.05) is 23.1 Å². The second-order valence-corrected chi connectivity index (χ2v) is 10.3. The van der Waals surface area contributed by atoms with Crippen LogP contribution in [0.4, 0.5) is 0 Å². The third-order valence-corrected chi connectivity index (χ3v) is 8.47. The number of thioether (sulfide) groups is 2. The molecule has 1 fully saturated rings. The van der Waals surface area contributed by atoms with Crippen LogP contribution in [0, 0.1) is 0 Å². The number of carbonyl (C=O) groups excluding carboxylic acids is 4. The SMILES string of the molecule is O=CN=c1[nH]c(C(=O)C(=O)NC2C(=O)N3C(C(=O)O)=C(CSc4nncs4)CS[C@@H]23)cs1. The molecule has 2 aliphatic heterocycles. The van der Waals surface area contributed by atoms with E-state index in [1.165, 1.54) is 40.2 Å². The van der Waals surface area contributed by atoms with Gasteiger partial charge in [0.25, 0.3) is 17.6 Å². The quantitative estimate of drug-likeness (QED) is 0.140. The number of fused-ring (bicyclic) bond motifs is 1. The van der Waals surface area contributed by atoms with Crippen LogP contribution in [0.5, 0.6) is 0 Å². The smallest absolute Gasteiger partial charge is 0.352 e. The summed E-state index contributed by atoms with van der Waals surface area (Å²) >= 11 is 4.93. The van der Waals surface area contributed by atoms with Crippen molar-refractivity contribution in [2.75, 3.05) is 11.5 Å². The molecule has 0 bridgehead atoms. The summed E-state index contributed by atoms with van der Waals surface area (Å²) in [6.07, 6.45) is 0.298. The average Bonchev–Trinajstić information content (AvgIpc) is 3.47. The number of thiazole rings is 1. The van der Waals surface area contributed by atoms with Crippen molar-refractivity contribution < 1.29 is 29.1 Å². The molecule has 166 valence electrons. The molecular formula is C16H12N6O6S4. The van der Waals surface area contributed by atoms with Gasteiger partial charge in [-0.25, -0.2) is 4.79 Å². The Kier molecular flexibility index (Phi) is 6.54. The highest BCUT2D eigenvalue weighted by atomic mass is 32.2. The van der Waals surface area contributed by atoms with Crippen LogP contribution < -0.4 is 10.1 Å². The van der Waals surface area contributed by atoms with Crippen molar-refractivity contribution in [2.24, 2.45) is 4.99 Å². The molecule has 1 unspecified atom stereocenters. The fourth-order valence-corrected chi connectivity index (χ4v) is 6.65. The summed E-state index contributed by atoms with van der Waals surface area (Å²) in [7, 11) is 0. The zero-order valence-electron chi connectivity index (χ0n) is 15.7. The molecule has 0 saturated carbocycles. The van der Waals surface area contributed by atoms with Gasteiger partial charge in [0.1, 0.15) is 28.3 Å². The predicted octanol–water partition coefficient (Wildman–Crippen LogP) is -0.302. The summed E-state index contributed by atoms with van der Waals surface area (Å²) in [5, 5.41) is 20.4. The number of carboxylic acid groups (broad SMARTS) is 1. The van der Waals surface area contributed by atoms with Crippen molar-refractivity contribution in [1.82, 2.24) is 25.4 Å². The minimum absolute atomic E-state index is 0.0740. The minimum Gasteiger partial charge on any atom is -0.477 e. The molecule has 3 N–H and O–H groups in total. The lowest BCUT2D eigenvalue weighted by atomic mass is 10.0. The number of nitrogens with one attached hydrogen (secondary N) is 2. The normalized spacial score (nSPS) is 20.6. The van der Waals surface area contributed by atoms with Crippen LogP contribution in [0.2, 0.25) is 0 Å². The molecule has 0 spiro atoms. The number of nitrogens with zero attached hydrogens (tertiary/aromatic N) is 4. The molecular weight excluding hydrogens is 500 g/mol.